The molecule has 0 amide bonds. The number of carbonyl (C=O) groups is 2. The van der Waals surface area contributed by atoms with Crippen molar-refractivity contribution in [1.29, 1.82) is 0 Å². The van der Waals surface area contributed by atoms with E-state index in [1.165, 1.54) is 32.2 Å². The highest BCUT2D eigenvalue weighted by atomic mass is 32.2. The quantitative estimate of drug-likeness (QED) is 0.695. The van der Waals surface area contributed by atoms with E-state index in [2.05, 4.69) is 9.46 Å². The second kappa shape index (κ2) is 8.07. The van der Waals surface area contributed by atoms with Crippen LogP contribution < -0.4 is 4.72 Å². The van der Waals surface area contributed by atoms with E-state index < -0.39 is 28.0 Å². The first kappa shape index (κ1) is 19.1. The molecule has 1 rings (SSSR count). The van der Waals surface area contributed by atoms with Crippen LogP contribution in [-0.2, 0) is 19.6 Å². The van der Waals surface area contributed by atoms with E-state index in [1.54, 1.807) is 0 Å². The molecule has 0 bridgehead atoms. The van der Waals surface area contributed by atoms with E-state index in [1.807, 2.05) is 6.92 Å². The van der Waals surface area contributed by atoms with Gasteiger partial charge in [-0.25, -0.2) is 13.2 Å². The summed E-state index contributed by atoms with van der Waals surface area (Å²) in [5, 5.41) is 9.16. The van der Waals surface area contributed by atoms with Crippen LogP contribution in [0.15, 0.2) is 23.1 Å². The lowest BCUT2D eigenvalue weighted by Gasteiger charge is -2.16. The van der Waals surface area contributed by atoms with E-state index in [4.69, 9.17) is 5.11 Å². The number of carboxylic acid groups (broad SMARTS) is 1. The summed E-state index contributed by atoms with van der Waals surface area (Å²) < 4.78 is 31.7. The minimum Gasteiger partial charge on any atom is -0.480 e. The SMILES string of the molecule is CCCCC(NS(=O)(=O)c1cccc(C(=O)OC)c1C)C(=O)O. The van der Waals surface area contributed by atoms with E-state index in [9.17, 15) is 18.0 Å². The summed E-state index contributed by atoms with van der Waals surface area (Å²) in [5.41, 5.74) is 0.335. The van der Waals surface area contributed by atoms with Gasteiger partial charge in [0.25, 0.3) is 0 Å². The van der Waals surface area contributed by atoms with Crippen molar-refractivity contribution in [2.75, 3.05) is 7.11 Å². The number of esters is 1. The van der Waals surface area contributed by atoms with Crippen LogP contribution in [0.5, 0.6) is 0 Å². The zero-order valence-electron chi connectivity index (χ0n) is 13.3. The van der Waals surface area contributed by atoms with Crippen LogP contribution in [0.25, 0.3) is 0 Å². The molecule has 0 heterocycles. The molecule has 1 aromatic rings. The predicted molar refractivity (Wildman–Crippen MR) is 83.8 cm³/mol. The summed E-state index contributed by atoms with van der Waals surface area (Å²) in [4.78, 5) is 22.7. The summed E-state index contributed by atoms with van der Waals surface area (Å²) >= 11 is 0. The number of nitrogens with one attached hydrogen (secondary N) is 1. The van der Waals surface area contributed by atoms with Gasteiger partial charge in [0.1, 0.15) is 6.04 Å². The molecule has 0 radical (unpaired) electrons. The van der Waals surface area contributed by atoms with Gasteiger partial charge >= 0.3 is 11.9 Å². The zero-order chi connectivity index (χ0) is 17.6. The number of methoxy groups -OCH3 is 1. The van der Waals surface area contributed by atoms with Gasteiger partial charge in [0.05, 0.1) is 17.6 Å². The molecule has 0 fully saturated rings. The van der Waals surface area contributed by atoms with Gasteiger partial charge in [-0.1, -0.05) is 25.8 Å². The molecule has 0 saturated carbocycles. The van der Waals surface area contributed by atoms with Crippen molar-refractivity contribution in [3.8, 4) is 0 Å². The largest absolute Gasteiger partial charge is 0.480 e. The molecule has 1 aromatic carbocycles. The lowest BCUT2D eigenvalue weighted by atomic mass is 10.1. The topological polar surface area (TPSA) is 110 Å². The second-order valence-electron chi connectivity index (χ2n) is 5.07. The summed E-state index contributed by atoms with van der Waals surface area (Å²) in [5.74, 6) is -1.89. The van der Waals surface area contributed by atoms with Gasteiger partial charge in [0, 0.05) is 0 Å². The van der Waals surface area contributed by atoms with E-state index >= 15 is 0 Å². The minimum absolute atomic E-state index is 0.121. The Hall–Kier alpha value is -1.93. The summed E-state index contributed by atoms with van der Waals surface area (Å²) in [6, 6.07) is 2.98. The van der Waals surface area contributed by atoms with Crippen molar-refractivity contribution in [1.82, 2.24) is 4.72 Å². The third-order valence-corrected chi connectivity index (χ3v) is 5.04. The van der Waals surface area contributed by atoms with Gasteiger partial charge in [-0.3, -0.25) is 4.79 Å². The monoisotopic (exact) mass is 343 g/mol. The Morgan fingerprint density at radius 2 is 2.00 bits per heavy atom. The maximum absolute atomic E-state index is 12.5. The molecule has 0 aromatic heterocycles. The molecule has 1 unspecified atom stereocenters. The highest BCUT2D eigenvalue weighted by Gasteiger charge is 2.27. The first-order valence-electron chi connectivity index (χ1n) is 7.17. The molecule has 0 saturated heterocycles. The van der Waals surface area contributed by atoms with Crippen LogP contribution in [0.1, 0.15) is 42.1 Å². The number of sulfonamides is 1. The Balaban J connectivity index is 3.18. The molecule has 0 aliphatic rings. The Morgan fingerprint density at radius 1 is 1.35 bits per heavy atom. The van der Waals surface area contributed by atoms with Crippen LogP contribution in [0.4, 0.5) is 0 Å². The van der Waals surface area contributed by atoms with Crippen molar-refractivity contribution in [3.05, 3.63) is 29.3 Å². The van der Waals surface area contributed by atoms with Crippen molar-refractivity contribution in [2.45, 2.75) is 44.0 Å². The number of carboxylic acids is 1. The molecule has 1 atom stereocenters. The highest BCUT2D eigenvalue weighted by molar-refractivity contribution is 7.89. The maximum Gasteiger partial charge on any atom is 0.338 e. The maximum atomic E-state index is 12.5. The fourth-order valence-electron chi connectivity index (χ4n) is 2.13. The first-order chi connectivity index (χ1) is 10.7. The summed E-state index contributed by atoms with van der Waals surface area (Å²) in [7, 11) is -2.87. The number of ether oxygens (including phenoxy) is 1. The first-order valence-corrected chi connectivity index (χ1v) is 8.66. The Morgan fingerprint density at radius 3 is 2.52 bits per heavy atom. The lowest BCUT2D eigenvalue weighted by Crippen LogP contribution is -2.41. The van der Waals surface area contributed by atoms with Crippen LogP contribution >= 0.6 is 0 Å². The number of hydrogen-bond donors (Lipinski definition) is 2. The smallest absolute Gasteiger partial charge is 0.338 e. The molecule has 128 valence electrons. The fraction of sp³-hybridized carbons (Fsp3) is 0.467. The number of unbranched alkanes of at least 4 members (excludes halogenated alkanes) is 1. The van der Waals surface area contributed by atoms with Gasteiger partial charge < -0.3 is 9.84 Å². The summed E-state index contributed by atoms with van der Waals surface area (Å²) in [6.45, 7) is 3.36. The van der Waals surface area contributed by atoms with Crippen molar-refractivity contribution in [2.24, 2.45) is 0 Å². The van der Waals surface area contributed by atoms with Gasteiger partial charge in [0.15, 0.2) is 0 Å². The molecular weight excluding hydrogens is 322 g/mol. The molecule has 8 heteroatoms. The number of hydrogen-bond acceptors (Lipinski definition) is 5. The van der Waals surface area contributed by atoms with E-state index in [-0.39, 0.29) is 22.4 Å². The van der Waals surface area contributed by atoms with Gasteiger partial charge in [-0.15, -0.1) is 0 Å². The summed E-state index contributed by atoms with van der Waals surface area (Å²) in [6.07, 6.45) is 1.53. The predicted octanol–water partition coefficient (Wildman–Crippen LogP) is 1.70. The lowest BCUT2D eigenvalue weighted by molar-refractivity contribution is -0.139. The average molecular weight is 343 g/mol. The van der Waals surface area contributed by atoms with Crippen LogP contribution in [0.2, 0.25) is 0 Å². The Labute approximate surface area is 135 Å². The fourth-order valence-corrected chi connectivity index (χ4v) is 3.62. The van der Waals surface area contributed by atoms with Crippen molar-refractivity contribution >= 4 is 22.0 Å². The minimum atomic E-state index is -4.07. The second-order valence-corrected chi connectivity index (χ2v) is 6.76. The van der Waals surface area contributed by atoms with Crippen LogP contribution in [-0.4, -0.2) is 38.6 Å². The molecule has 0 aliphatic heterocycles. The van der Waals surface area contributed by atoms with Gasteiger partial charge in [-0.2, -0.15) is 4.72 Å². The van der Waals surface area contributed by atoms with E-state index in [0.717, 1.165) is 6.42 Å². The molecule has 23 heavy (non-hydrogen) atoms. The third kappa shape index (κ3) is 4.77. The van der Waals surface area contributed by atoms with Crippen molar-refractivity contribution in [3.63, 3.8) is 0 Å². The molecular formula is C15H21NO6S. The molecule has 0 spiro atoms. The van der Waals surface area contributed by atoms with Crippen molar-refractivity contribution < 1.29 is 27.9 Å². The van der Waals surface area contributed by atoms with Crippen LogP contribution in [0, 0.1) is 6.92 Å². The molecule has 0 aliphatic carbocycles. The number of aliphatic carboxylic acids is 1. The Bertz CT molecular complexity index is 683. The zero-order valence-corrected chi connectivity index (χ0v) is 14.1. The third-order valence-electron chi connectivity index (χ3n) is 3.42. The standard InChI is InChI=1S/C15H21NO6S/c1-4-5-8-12(14(17)18)16-23(20,21)13-9-6-7-11(10(13)2)15(19)22-3/h6-7,9,12,16H,4-5,8H2,1-3H3,(H,17,18). The van der Waals surface area contributed by atoms with Gasteiger partial charge in [-0.05, 0) is 31.0 Å². The highest BCUT2D eigenvalue weighted by Crippen LogP contribution is 2.20. The average Bonchev–Trinajstić information content (AvgIpc) is 2.50. The molecule has 7 nitrogen and oxygen atoms in total. The van der Waals surface area contributed by atoms with Crippen LogP contribution in [0.3, 0.4) is 0 Å². The number of carbonyl (C=O) groups excluding carboxylic acids is 1. The molecule has 2 N–H and O–H groups in total. The number of rotatable bonds is 8. The Kier molecular flexibility index (Phi) is 6.71. The number of benzene rings is 1. The normalized spacial score (nSPS) is 12.7. The van der Waals surface area contributed by atoms with Gasteiger partial charge in [0.2, 0.25) is 10.0 Å². The van der Waals surface area contributed by atoms with E-state index in [0.29, 0.717) is 6.42 Å².